The standard InChI is InChI=1S/C23H18O/c1-13-19-11-15-7-3-4-8-16(15)12-20(19)14(2)22-21(13)17-9-5-6-10-18(17)23(22)24/h3-10H,11-12H2,1-2H3. The highest BCUT2D eigenvalue weighted by Gasteiger charge is 2.33. The largest absolute Gasteiger partial charge is 0.289 e. The topological polar surface area (TPSA) is 17.1 Å². The van der Waals surface area contributed by atoms with E-state index in [1.807, 2.05) is 18.2 Å². The van der Waals surface area contributed by atoms with Crippen LogP contribution >= 0.6 is 0 Å². The molecule has 0 aliphatic heterocycles. The van der Waals surface area contributed by atoms with Gasteiger partial charge in [0.15, 0.2) is 5.78 Å². The van der Waals surface area contributed by atoms with Crippen LogP contribution in [0.25, 0.3) is 11.1 Å². The number of fused-ring (bicyclic) bond motifs is 5. The lowest BCUT2D eigenvalue weighted by Gasteiger charge is -2.26. The van der Waals surface area contributed by atoms with Crippen molar-refractivity contribution in [2.45, 2.75) is 26.7 Å². The first-order valence-corrected chi connectivity index (χ1v) is 8.52. The average Bonchev–Trinajstić information content (AvgIpc) is 2.92. The number of carbonyl (C=O) groups excluding carboxylic acids is 1. The maximum absolute atomic E-state index is 13.0. The van der Waals surface area contributed by atoms with Crippen LogP contribution < -0.4 is 0 Å². The van der Waals surface area contributed by atoms with Crippen LogP contribution in [0.4, 0.5) is 0 Å². The first-order valence-electron chi connectivity index (χ1n) is 8.52. The third-order valence-electron chi connectivity index (χ3n) is 5.79. The van der Waals surface area contributed by atoms with Gasteiger partial charge in [-0.15, -0.1) is 0 Å². The molecule has 3 aromatic carbocycles. The van der Waals surface area contributed by atoms with Gasteiger partial charge in [0.2, 0.25) is 0 Å². The summed E-state index contributed by atoms with van der Waals surface area (Å²) in [6.45, 7) is 4.33. The fourth-order valence-electron chi connectivity index (χ4n) is 4.55. The molecule has 0 bridgehead atoms. The van der Waals surface area contributed by atoms with Crippen molar-refractivity contribution in [3.05, 3.63) is 93.0 Å². The predicted octanol–water partition coefficient (Wildman–Crippen LogP) is 5.01. The van der Waals surface area contributed by atoms with Crippen molar-refractivity contribution in [1.29, 1.82) is 0 Å². The van der Waals surface area contributed by atoms with Gasteiger partial charge >= 0.3 is 0 Å². The molecule has 1 heteroatoms. The van der Waals surface area contributed by atoms with Crippen molar-refractivity contribution >= 4 is 5.78 Å². The first-order chi connectivity index (χ1) is 11.7. The Hall–Kier alpha value is -2.67. The molecule has 3 aromatic rings. The Morgan fingerprint density at radius 3 is 1.79 bits per heavy atom. The van der Waals surface area contributed by atoms with Gasteiger partial charge in [-0.1, -0.05) is 48.5 Å². The third-order valence-corrected chi connectivity index (χ3v) is 5.79. The van der Waals surface area contributed by atoms with Crippen LogP contribution in [-0.2, 0) is 12.8 Å². The van der Waals surface area contributed by atoms with E-state index in [0.717, 1.165) is 29.5 Å². The van der Waals surface area contributed by atoms with Gasteiger partial charge in [-0.2, -0.15) is 0 Å². The number of hydrogen-bond donors (Lipinski definition) is 0. The highest BCUT2D eigenvalue weighted by Crippen LogP contribution is 2.45. The van der Waals surface area contributed by atoms with Crippen LogP contribution in [0.5, 0.6) is 0 Å². The van der Waals surface area contributed by atoms with Gasteiger partial charge in [-0.25, -0.2) is 0 Å². The summed E-state index contributed by atoms with van der Waals surface area (Å²) < 4.78 is 0. The van der Waals surface area contributed by atoms with Gasteiger partial charge in [0.25, 0.3) is 0 Å². The van der Waals surface area contributed by atoms with Gasteiger partial charge in [-0.05, 0) is 71.2 Å². The van der Waals surface area contributed by atoms with Crippen LogP contribution in [0.3, 0.4) is 0 Å². The first kappa shape index (κ1) is 13.7. The molecular weight excluding hydrogens is 292 g/mol. The minimum Gasteiger partial charge on any atom is -0.289 e. The summed E-state index contributed by atoms with van der Waals surface area (Å²) in [5.41, 5.74) is 12.2. The Bertz CT molecular complexity index is 1040. The van der Waals surface area contributed by atoms with Gasteiger partial charge in [0, 0.05) is 11.1 Å². The van der Waals surface area contributed by atoms with E-state index >= 15 is 0 Å². The van der Waals surface area contributed by atoms with Crippen molar-refractivity contribution in [2.75, 3.05) is 0 Å². The summed E-state index contributed by atoms with van der Waals surface area (Å²) in [6.07, 6.45) is 1.91. The lowest BCUT2D eigenvalue weighted by Crippen LogP contribution is -2.14. The average molecular weight is 310 g/mol. The molecule has 0 N–H and O–H groups in total. The molecule has 2 aliphatic rings. The molecule has 0 unspecified atom stereocenters. The van der Waals surface area contributed by atoms with Gasteiger partial charge in [0.05, 0.1) is 0 Å². The molecule has 0 radical (unpaired) electrons. The summed E-state index contributed by atoms with van der Waals surface area (Å²) in [6, 6.07) is 16.7. The molecule has 0 heterocycles. The zero-order valence-electron chi connectivity index (χ0n) is 13.9. The summed E-state index contributed by atoms with van der Waals surface area (Å²) >= 11 is 0. The molecular formula is C23H18O. The fourth-order valence-corrected chi connectivity index (χ4v) is 4.55. The van der Waals surface area contributed by atoms with E-state index in [2.05, 4.69) is 44.2 Å². The number of rotatable bonds is 0. The number of ketones is 1. The van der Waals surface area contributed by atoms with E-state index in [-0.39, 0.29) is 5.78 Å². The van der Waals surface area contributed by atoms with Crippen LogP contribution in [-0.4, -0.2) is 5.78 Å². The van der Waals surface area contributed by atoms with Crippen molar-refractivity contribution in [2.24, 2.45) is 0 Å². The monoisotopic (exact) mass is 310 g/mol. The number of hydrogen-bond acceptors (Lipinski definition) is 1. The Morgan fingerprint density at radius 1 is 0.667 bits per heavy atom. The Kier molecular flexibility index (Phi) is 2.67. The van der Waals surface area contributed by atoms with Gasteiger partial charge in [0.1, 0.15) is 0 Å². The van der Waals surface area contributed by atoms with E-state index in [1.54, 1.807) is 0 Å². The van der Waals surface area contributed by atoms with Crippen LogP contribution in [0.15, 0.2) is 48.5 Å². The van der Waals surface area contributed by atoms with Crippen molar-refractivity contribution < 1.29 is 4.79 Å². The molecule has 0 amide bonds. The Labute approximate surface area is 142 Å². The zero-order chi connectivity index (χ0) is 16.4. The minimum absolute atomic E-state index is 0.197. The second kappa shape index (κ2) is 4.67. The molecule has 24 heavy (non-hydrogen) atoms. The Balaban J connectivity index is 1.83. The van der Waals surface area contributed by atoms with Crippen molar-refractivity contribution in [1.82, 2.24) is 0 Å². The summed E-state index contributed by atoms with van der Waals surface area (Å²) in [5.74, 6) is 0.197. The van der Waals surface area contributed by atoms with E-state index < -0.39 is 0 Å². The van der Waals surface area contributed by atoms with Crippen LogP contribution in [0, 0.1) is 13.8 Å². The number of benzene rings is 3. The maximum atomic E-state index is 13.0. The van der Waals surface area contributed by atoms with Crippen LogP contribution in [0.1, 0.15) is 49.3 Å². The minimum atomic E-state index is 0.197. The summed E-state index contributed by atoms with van der Waals surface area (Å²) in [4.78, 5) is 13.0. The van der Waals surface area contributed by atoms with E-state index in [0.29, 0.717) is 0 Å². The second-order valence-electron chi connectivity index (χ2n) is 6.95. The van der Waals surface area contributed by atoms with E-state index in [1.165, 1.54) is 38.9 Å². The molecule has 0 fully saturated rings. The molecule has 116 valence electrons. The predicted molar refractivity (Wildman–Crippen MR) is 96.8 cm³/mol. The van der Waals surface area contributed by atoms with Gasteiger partial charge in [-0.3, -0.25) is 4.79 Å². The highest BCUT2D eigenvalue weighted by molar-refractivity contribution is 6.23. The smallest absolute Gasteiger partial charge is 0.194 e. The summed E-state index contributed by atoms with van der Waals surface area (Å²) in [5, 5.41) is 0. The van der Waals surface area contributed by atoms with Crippen LogP contribution in [0.2, 0.25) is 0 Å². The highest BCUT2D eigenvalue weighted by atomic mass is 16.1. The molecule has 5 rings (SSSR count). The zero-order valence-corrected chi connectivity index (χ0v) is 13.9. The molecule has 0 aromatic heterocycles. The normalized spacial score (nSPS) is 14.0. The van der Waals surface area contributed by atoms with E-state index in [4.69, 9.17) is 0 Å². The van der Waals surface area contributed by atoms with Gasteiger partial charge < -0.3 is 0 Å². The lowest BCUT2D eigenvalue weighted by molar-refractivity contribution is 0.104. The molecule has 2 aliphatic carbocycles. The SMILES string of the molecule is Cc1c2c(c(C)c3c1C(=O)c1ccccc1-3)Cc1ccccc1C2. The maximum Gasteiger partial charge on any atom is 0.194 e. The molecule has 0 saturated heterocycles. The van der Waals surface area contributed by atoms with Crippen molar-refractivity contribution in [3.63, 3.8) is 0 Å². The fraction of sp³-hybridized carbons (Fsp3) is 0.174. The number of carbonyl (C=O) groups is 1. The van der Waals surface area contributed by atoms with Crippen molar-refractivity contribution in [3.8, 4) is 11.1 Å². The van der Waals surface area contributed by atoms with E-state index in [9.17, 15) is 4.79 Å². The molecule has 1 nitrogen and oxygen atoms in total. The molecule has 0 saturated carbocycles. The quantitative estimate of drug-likeness (QED) is 0.393. The summed E-state index contributed by atoms with van der Waals surface area (Å²) in [7, 11) is 0. The second-order valence-corrected chi connectivity index (χ2v) is 6.95. The third kappa shape index (κ3) is 1.62. The molecule has 0 atom stereocenters. The Morgan fingerprint density at radius 2 is 1.17 bits per heavy atom. The lowest BCUT2D eigenvalue weighted by atomic mass is 9.78. The molecule has 0 spiro atoms.